The molecule has 0 aliphatic carbocycles. The van der Waals surface area contributed by atoms with Gasteiger partial charge in [-0.15, -0.1) is 0 Å². The molecule has 1 heterocycles. The lowest BCUT2D eigenvalue weighted by molar-refractivity contribution is -0.139. The van der Waals surface area contributed by atoms with Gasteiger partial charge in [-0.3, -0.25) is 9.78 Å². The van der Waals surface area contributed by atoms with E-state index in [9.17, 15) is 9.90 Å². The third kappa shape index (κ3) is 3.02. The maximum absolute atomic E-state index is 10.5. The van der Waals surface area contributed by atoms with Gasteiger partial charge in [0.15, 0.2) is 0 Å². The number of nitrogens with zero attached hydrogens (tertiary/aromatic N) is 1. The summed E-state index contributed by atoms with van der Waals surface area (Å²) in [6, 6.07) is 1.80. The highest BCUT2D eigenvalue weighted by molar-refractivity contribution is 5.67. The van der Waals surface area contributed by atoms with E-state index >= 15 is 0 Å². The molecule has 0 aliphatic heterocycles. The number of carboxylic acids is 1. The first-order valence-corrected chi connectivity index (χ1v) is 4.82. The van der Waals surface area contributed by atoms with Gasteiger partial charge in [0.25, 0.3) is 0 Å². The van der Waals surface area contributed by atoms with Crippen LogP contribution in [0.3, 0.4) is 0 Å². The minimum Gasteiger partial charge on any atom is -0.481 e. The molecule has 1 aromatic heterocycles. The van der Waals surface area contributed by atoms with E-state index in [-0.39, 0.29) is 12.3 Å². The lowest BCUT2D eigenvalue weighted by atomic mass is 9.93. The molecule has 4 nitrogen and oxygen atoms in total. The van der Waals surface area contributed by atoms with Crippen molar-refractivity contribution in [2.75, 3.05) is 0 Å². The second-order valence-corrected chi connectivity index (χ2v) is 3.75. The highest BCUT2D eigenvalue weighted by Gasteiger charge is 2.20. The minimum atomic E-state index is -0.900. The zero-order valence-electron chi connectivity index (χ0n) is 8.84. The van der Waals surface area contributed by atoms with Crippen LogP contribution < -0.4 is 0 Å². The third-order valence-corrected chi connectivity index (χ3v) is 2.43. The Morgan fingerprint density at radius 2 is 2.27 bits per heavy atom. The molecule has 0 saturated heterocycles. The van der Waals surface area contributed by atoms with Crippen molar-refractivity contribution in [2.45, 2.75) is 26.4 Å². The van der Waals surface area contributed by atoms with Gasteiger partial charge >= 0.3 is 5.97 Å². The number of rotatable bonds is 4. The predicted octanol–water partition coefficient (Wildman–Crippen LogP) is 1.53. The van der Waals surface area contributed by atoms with Gasteiger partial charge in [-0.1, -0.05) is 6.92 Å². The van der Waals surface area contributed by atoms with Crippen LogP contribution in [0.2, 0.25) is 0 Å². The number of hydrogen-bond donors (Lipinski definition) is 2. The second-order valence-electron chi connectivity index (χ2n) is 3.75. The first-order chi connectivity index (χ1) is 7.02. The van der Waals surface area contributed by atoms with E-state index in [1.165, 1.54) is 0 Å². The average molecular weight is 209 g/mol. The first-order valence-electron chi connectivity index (χ1n) is 4.82. The smallest absolute Gasteiger partial charge is 0.303 e. The Hall–Kier alpha value is -1.42. The van der Waals surface area contributed by atoms with E-state index in [4.69, 9.17) is 5.11 Å². The topological polar surface area (TPSA) is 70.4 Å². The van der Waals surface area contributed by atoms with Gasteiger partial charge in [0.05, 0.1) is 12.5 Å². The van der Waals surface area contributed by atoms with Gasteiger partial charge in [0.1, 0.15) is 0 Å². The molecule has 0 radical (unpaired) electrons. The van der Waals surface area contributed by atoms with Gasteiger partial charge < -0.3 is 10.2 Å². The molecule has 0 fully saturated rings. The molecule has 2 unspecified atom stereocenters. The number of aliphatic hydroxyl groups excluding tert-OH is 1. The lowest BCUT2D eigenvalue weighted by Gasteiger charge is -2.18. The van der Waals surface area contributed by atoms with Crippen molar-refractivity contribution in [3.05, 3.63) is 29.6 Å². The molecule has 1 aromatic rings. The van der Waals surface area contributed by atoms with Crippen molar-refractivity contribution in [1.29, 1.82) is 0 Å². The van der Waals surface area contributed by atoms with Crippen LogP contribution in [0.25, 0.3) is 0 Å². The summed E-state index contributed by atoms with van der Waals surface area (Å²) >= 11 is 0. The van der Waals surface area contributed by atoms with Gasteiger partial charge in [-0.25, -0.2) is 0 Å². The molecule has 4 heteroatoms. The molecule has 0 spiro atoms. The fourth-order valence-corrected chi connectivity index (χ4v) is 1.48. The average Bonchev–Trinajstić information content (AvgIpc) is 2.16. The number of carboxylic acid groups (broad SMARTS) is 1. The minimum absolute atomic E-state index is 0.0461. The Labute approximate surface area is 88.6 Å². The molecule has 0 amide bonds. The van der Waals surface area contributed by atoms with Crippen molar-refractivity contribution in [3.8, 4) is 0 Å². The lowest BCUT2D eigenvalue weighted by Crippen LogP contribution is -2.14. The SMILES string of the molecule is Cc1ccncc1C(O)C(C)CC(=O)O. The molecular formula is C11H15NO3. The van der Waals surface area contributed by atoms with Crippen LogP contribution in [0, 0.1) is 12.8 Å². The zero-order chi connectivity index (χ0) is 11.4. The quantitative estimate of drug-likeness (QED) is 0.789. The number of pyridine rings is 1. The number of aliphatic hydroxyl groups is 1. The first kappa shape index (κ1) is 11.7. The Bertz CT molecular complexity index is 351. The van der Waals surface area contributed by atoms with Crippen molar-refractivity contribution in [3.63, 3.8) is 0 Å². The van der Waals surface area contributed by atoms with Crippen LogP contribution in [0.4, 0.5) is 0 Å². The van der Waals surface area contributed by atoms with Gasteiger partial charge in [-0.2, -0.15) is 0 Å². The van der Waals surface area contributed by atoms with Crippen LogP contribution in [0.5, 0.6) is 0 Å². The monoisotopic (exact) mass is 209 g/mol. The van der Waals surface area contributed by atoms with E-state index in [1.807, 2.05) is 6.92 Å². The second kappa shape index (κ2) is 4.89. The molecule has 0 aromatic carbocycles. The molecule has 0 bridgehead atoms. The summed E-state index contributed by atoms with van der Waals surface area (Å²) in [5.41, 5.74) is 1.63. The normalized spacial score (nSPS) is 14.6. The molecule has 1 rings (SSSR count). The van der Waals surface area contributed by atoms with E-state index < -0.39 is 12.1 Å². The molecule has 82 valence electrons. The number of hydrogen-bond acceptors (Lipinski definition) is 3. The van der Waals surface area contributed by atoms with Crippen molar-refractivity contribution < 1.29 is 15.0 Å². The summed E-state index contributed by atoms with van der Waals surface area (Å²) < 4.78 is 0. The summed E-state index contributed by atoms with van der Waals surface area (Å²) in [4.78, 5) is 14.4. The van der Waals surface area contributed by atoms with Crippen LogP contribution in [0.15, 0.2) is 18.5 Å². The summed E-state index contributed by atoms with van der Waals surface area (Å²) in [5.74, 6) is -1.21. The van der Waals surface area contributed by atoms with Crippen molar-refractivity contribution in [2.24, 2.45) is 5.92 Å². The Balaban J connectivity index is 2.80. The van der Waals surface area contributed by atoms with E-state index in [0.717, 1.165) is 5.56 Å². The molecule has 2 N–H and O–H groups in total. The standard InChI is InChI=1S/C11H15NO3/c1-7-3-4-12-6-9(7)11(15)8(2)5-10(13)14/h3-4,6,8,11,15H,5H2,1-2H3,(H,13,14). The Morgan fingerprint density at radius 3 is 2.80 bits per heavy atom. The third-order valence-electron chi connectivity index (χ3n) is 2.43. The van der Waals surface area contributed by atoms with Crippen molar-refractivity contribution >= 4 is 5.97 Å². The number of aromatic nitrogens is 1. The Morgan fingerprint density at radius 1 is 1.60 bits per heavy atom. The van der Waals surface area contributed by atoms with Crippen LogP contribution in [-0.4, -0.2) is 21.2 Å². The molecule has 2 atom stereocenters. The van der Waals surface area contributed by atoms with Gasteiger partial charge in [-0.05, 0) is 24.5 Å². The van der Waals surface area contributed by atoms with E-state index in [1.54, 1.807) is 25.4 Å². The van der Waals surface area contributed by atoms with Gasteiger partial charge in [0.2, 0.25) is 0 Å². The summed E-state index contributed by atoms with van der Waals surface area (Å²) in [5, 5.41) is 18.5. The predicted molar refractivity (Wildman–Crippen MR) is 55.4 cm³/mol. The van der Waals surface area contributed by atoms with Crippen LogP contribution >= 0.6 is 0 Å². The number of aryl methyl sites for hydroxylation is 1. The highest BCUT2D eigenvalue weighted by Crippen LogP contribution is 2.25. The number of aliphatic carboxylic acids is 1. The fraction of sp³-hybridized carbons (Fsp3) is 0.455. The van der Waals surface area contributed by atoms with Crippen molar-refractivity contribution in [1.82, 2.24) is 4.98 Å². The maximum atomic E-state index is 10.5. The molecular weight excluding hydrogens is 194 g/mol. The van der Waals surface area contributed by atoms with Gasteiger partial charge in [0, 0.05) is 18.0 Å². The summed E-state index contributed by atoms with van der Waals surface area (Å²) in [6.07, 6.45) is 2.41. The Kier molecular flexibility index (Phi) is 3.80. The maximum Gasteiger partial charge on any atom is 0.303 e. The van der Waals surface area contributed by atoms with Crippen LogP contribution in [0.1, 0.15) is 30.6 Å². The molecule has 0 saturated carbocycles. The number of carbonyl (C=O) groups is 1. The summed E-state index contributed by atoms with van der Waals surface area (Å²) in [7, 11) is 0. The fourth-order valence-electron chi connectivity index (χ4n) is 1.48. The highest BCUT2D eigenvalue weighted by atomic mass is 16.4. The van der Waals surface area contributed by atoms with E-state index in [2.05, 4.69) is 4.98 Å². The molecule has 15 heavy (non-hydrogen) atoms. The molecule has 0 aliphatic rings. The largest absolute Gasteiger partial charge is 0.481 e. The van der Waals surface area contributed by atoms with Crippen LogP contribution in [-0.2, 0) is 4.79 Å². The van der Waals surface area contributed by atoms with E-state index in [0.29, 0.717) is 5.56 Å². The zero-order valence-corrected chi connectivity index (χ0v) is 8.84. The summed E-state index contributed by atoms with van der Waals surface area (Å²) in [6.45, 7) is 3.58.